The molecule has 2 aliphatic heterocycles. The number of nitrogens with zero attached hydrogens (tertiary/aromatic N) is 1. The molecule has 2 aliphatic rings. The molecule has 1 amide bonds. The lowest BCUT2D eigenvalue weighted by atomic mass is 9.99. The first-order chi connectivity index (χ1) is 9.61. The molecule has 116 valence electrons. The Labute approximate surface area is 123 Å². The van der Waals surface area contributed by atoms with E-state index in [1.807, 2.05) is 0 Å². The van der Waals surface area contributed by atoms with Crippen LogP contribution in [0.15, 0.2) is 0 Å². The van der Waals surface area contributed by atoms with E-state index in [1.165, 1.54) is 0 Å². The van der Waals surface area contributed by atoms with Gasteiger partial charge in [-0.1, -0.05) is 27.2 Å². The minimum atomic E-state index is 0.0337. The molecule has 2 heterocycles. The predicted octanol–water partition coefficient (Wildman–Crippen LogP) is 2.39. The first-order valence-corrected chi connectivity index (χ1v) is 8.26. The molecule has 1 N–H and O–H groups in total. The average Bonchev–Trinajstić information content (AvgIpc) is 2.69. The molecular formula is C16H30N2O2. The Morgan fingerprint density at radius 3 is 2.65 bits per heavy atom. The Balaban J connectivity index is 1.96. The maximum atomic E-state index is 12.6. The van der Waals surface area contributed by atoms with Crippen molar-refractivity contribution in [2.24, 2.45) is 11.8 Å². The summed E-state index contributed by atoms with van der Waals surface area (Å²) in [5.41, 5.74) is 0. The van der Waals surface area contributed by atoms with Gasteiger partial charge in [0.25, 0.3) is 0 Å². The first-order valence-electron chi connectivity index (χ1n) is 8.26. The van der Waals surface area contributed by atoms with E-state index in [1.54, 1.807) is 0 Å². The SMILES string of the molecule is CCCC1NC(CC(C)C)C(=O)N1CC1CCOCC1. The summed E-state index contributed by atoms with van der Waals surface area (Å²) in [5, 5.41) is 3.56. The van der Waals surface area contributed by atoms with Crippen LogP contribution < -0.4 is 5.32 Å². The van der Waals surface area contributed by atoms with Gasteiger partial charge in [-0.2, -0.15) is 0 Å². The van der Waals surface area contributed by atoms with Gasteiger partial charge in [-0.25, -0.2) is 0 Å². The smallest absolute Gasteiger partial charge is 0.241 e. The zero-order valence-electron chi connectivity index (χ0n) is 13.2. The number of hydrogen-bond acceptors (Lipinski definition) is 3. The third-order valence-corrected chi connectivity index (χ3v) is 4.42. The van der Waals surface area contributed by atoms with Crippen LogP contribution in [0.1, 0.15) is 52.9 Å². The van der Waals surface area contributed by atoms with E-state index in [4.69, 9.17) is 4.74 Å². The molecule has 20 heavy (non-hydrogen) atoms. The normalized spacial score (nSPS) is 28.6. The van der Waals surface area contributed by atoms with Crippen LogP contribution in [0.3, 0.4) is 0 Å². The van der Waals surface area contributed by atoms with Crippen molar-refractivity contribution in [2.75, 3.05) is 19.8 Å². The molecule has 2 atom stereocenters. The Bertz CT molecular complexity index is 314. The fourth-order valence-corrected chi connectivity index (χ4v) is 3.32. The number of carbonyl (C=O) groups excluding carboxylic acids is 1. The largest absolute Gasteiger partial charge is 0.381 e. The van der Waals surface area contributed by atoms with E-state index < -0.39 is 0 Å². The molecular weight excluding hydrogens is 252 g/mol. The number of ether oxygens (including phenoxy) is 1. The molecule has 0 aromatic rings. The summed E-state index contributed by atoms with van der Waals surface area (Å²) < 4.78 is 5.42. The minimum Gasteiger partial charge on any atom is -0.381 e. The van der Waals surface area contributed by atoms with Crippen molar-refractivity contribution in [2.45, 2.75) is 65.1 Å². The van der Waals surface area contributed by atoms with Gasteiger partial charge in [-0.15, -0.1) is 0 Å². The highest BCUT2D eigenvalue weighted by Gasteiger charge is 2.39. The van der Waals surface area contributed by atoms with Gasteiger partial charge in [0.1, 0.15) is 0 Å². The summed E-state index contributed by atoms with van der Waals surface area (Å²) in [6.07, 6.45) is 5.56. The summed E-state index contributed by atoms with van der Waals surface area (Å²) in [4.78, 5) is 14.7. The Kier molecular flexibility index (Phi) is 5.85. The zero-order valence-corrected chi connectivity index (χ0v) is 13.2. The summed E-state index contributed by atoms with van der Waals surface area (Å²) >= 11 is 0. The predicted molar refractivity (Wildman–Crippen MR) is 80.3 cm³/mol. The minimum absolute atomic E-state index is 0.0337. The van der Waals surface area contributed by atoms with Gasteiger partial charge in [0, 0.05) is 19.8 Å². The second-order valence-electron chi connectivity index (χ2n) is 6.70. The van der Waals surface area contributed by atoms with Crippen molar-refractivity contribution >= 4 is 5.91 Å². The molecule has 2 fully saturated rings. The standard InChI is InChI=1S/C16H30N2O2/c1-4-5-15-17-14(10-12(2)3)16(19)18(15)11-13-6-8-20-9-7-13/h12-15,17H,4-11H2,1-3H3. The molecule has 0 bridgehead atoms. The lowest BCUT2D eigenvalue weighted by Crippen LogP contribution is -2.41. The highest BCUT2D eigenvalue weighted by Crippen LogP contribution is 2.24. The van der Waals surface area contributed by atoms with Crippen LogP contribution in [0.25, 0.3) is 0 Å². The second-order valence-corrected chi connectivity index (χ2v) is 6.70. The van der Waals surface area contributed by atoms with Gasteiger partial charge in [-0.3, -0.25) is 10.1 Å². The zero-order chi connectivity index (χ0) is 14.5. The third kappa shape index (κ3) is 3.95. The molecule has 4 nitrogen and oxygen atoms in total. The molecule has 0 aliphatic carbocycles. The van der Waals surface area contributed by atoms with E-state index in [0.29, 0.717) is 17.7 Å². The number of amides is 1. The van der Waals surface area contributed by atoms with Crippen molar-refractivity contribution in [1.82, 2.24) is 10.2 Å². The van der Waals surface area contributed by atoms with Gasteiger partial charge in [0.15, 0.2) is 0 Å². The highest BCUT2D eigenvalue weighted by molar-refractivity contribution is 5.84. The second kappa shape index (κ2) is 7.41. The van der Waals surface area contributed by atoms with Crippen molar-refractivity contribution in [1.29, 1.82) is 0 Å². The summed E-state index contributed by atoms with van der Waals surface area (Å²) in [7, 11) is 0. The Morgan fingerprint density at radius 1 is 1.35 bits per heavy atom. The van der Waals surface area contributed by atoms with Crippen molar-refractivity contribution in [3.63, 3.8) is 0 Å². The highest BCUT2D eigenvalue weighted by atomic mass is 16.5. The van der Waals surface area contributed by atoms with E-state index in [-0.39, 0.29) is 12.2 Å². The van der Waals surface area contributed by atoms with Gasteiger partial charge in [0.05, 0.1) is 12.2 Å². The van der Waals surface area contributed by atoms with E-state index >= 15 is 0 Å². The van der Waals surface area contributed by atoms with Crippen molar-refractivity contribution < 1.29 is 9.53 Å². The monoisotopic (exact) mass is 282 g/mol. The molecule has 2 rings (SSSR count). The van der Waals surface area contributed by atoms with E-state index in [9.17, 15) is 4.79 Å². The fraction of sp³-hybridized carbons (Fsp3) is 0.938. The number of rotatable bonds is 6. The number of carbonyl (C=O) groups is 1. The molecule has 2 saturated heterocycles. The maximum absolute atomic E-state index is 12.6. The fourth-order valence-electron chi connectivity index (χ4n) is 3.32. The van der Waals surface area contributed by atoms with Crippen LogP contribution in [-0.2, 0) is 9.53 Å². The molecule has 0 spiro atoms. The summed E-state index contributed by atoms with van der Waals surface area (Å²) in [6, 6.07) is 0.0337. The third-order valence-electron chi connectivity index (χ3n) is 4.42. The first kappa shape index (κ1) is 15.8. The van der Waals surface area contributed by atoms with E-state index in [2.05, 4.69) is 31.0 Å². The topological polar surface area (TPSA) is 41.6 Å². The van der Waals surface area contributed by atoms with Crippen LogP contribution in [-0.4, -0.2) is 42.8 Å². The van der Waals surface area contributed by atoms with Gasteiger partial charge < -0.3 is 9.64 Å². The van der Waals surface area contributed by atoms with Crippen LogP contribution in [0, 0.1) is 11.8 Å². The molecule has 0 radical (unpaired) electrons. The van der Waals surface area contributed by atoms with Gasteiger partial charge in [-0.05, 0) is 37.5 Å². The van der Waals surface area contributed by atoms with Crippen molar-refractivity contribution in [3.8, 4) is 0 Å². The molecule has 2 unspecified atom stereocenters. The van der Waals surface area contributed by atoms with Crippen LogP contribution in [0.2, 0.25) is 0 Å². The number of hydrogen-bond donors (Lipinski definition) is 1. The van der Waals surface area contributed by atoms with Crippen LogP contribution in [0.5, 0.6) is 0 Å². The van der Waals surface area contributed by atoms with Crippen LogP contribution in [0.4, 0.5) is 0 Å². The molecule has 0 saturated carbocycles. The lowest BCUT2D eigenvalue weighted by Gasteiger charge is -2.30. The molecule has 0 aromatic heterocycles. The lowest BCUT2D eigenvalue weighted by molar-refractivity contribution is -0.131. The quantitative estimate of drug-likeness (QED) is 0.813. The Hall–Kier alpha value is -0.610. The number of nitrogens with one attached hydrogen (secondary N) is 1. The summed E-state index contributed by atoms with van der Waals surface area (Å²) in [6.45, 7) is 9.18. The maximum Gasteiger partial charge on any atom is 0.241 e. The van der Waals surface area contributed by atoms with Gasteiger partial charge >= 0.3 is 0 Å². The van der Waals surface area contributed by atoms with Crippen molar-refractivity contribution in [3.05, 3.63) is 0 Å². The Morgan fingerprint density at radius 2 is 2.05 bits per heavy atom. The van der Waals surface area contributed by atoms with Gasteiger partial charge in [0.2, 0.25) is 5.91 Å². The van der Waals surface area contributed by atoms with Crippen LogP contribution >= 0.6 is 0 Å². The molecule has 0 aromatic carbocycles. The summed E-state index contributed by atoms with van der Waals surface area (Å²) in [5.74, 6) is 1.50. The van der Waals surface area contributed by atoms with E-state index in [0.717, 1.165) is 51.9 Å². The molecule has 4 heteroatoms. The average molecular weight is 282 g/mol.